The summed E-state index contributed by atoms with van der Waals surface area (Å²) in [7, 11) is -0.286. The Morgan fingerprint density at radius 1 is 1.19 bits per heavy atom. The molecule has 27 heavy (non-hydrogen) atoms. The first kappa shape index (κ1) is 21.0. The van der Waals surface area contributed by atoms with E-state index in [0.717, 1.165) is 0 Å². The maximum Gasteiger partial charge on any atom is 0.346 e. The fourth-order valence-electron chi connectivity index (χ4n) is 3.11. The summed E-state index contributed by atoms with van der Waals surface area (Å²) in [5.41, 5.74) is 0.0979. The molecule has 0 N–H and O–H groups in total. The van der Waals surface area contributed by atoms with Crippen LogP contribution < -0.4 is 9.47 Å². The van der Waals surface area contributed by atoms with Crippen molar-refractivity contribution in [1.82, 2.24) is 4.90 Å². The van der Waals surface area contributed by atoms with Crippen LogP contribution in [-0.4, -0.2) is 70.1 Å². The van der Waals surface area contributed by atoms with Gasteiger partial charge in [-0.25, -0.2) is 13.2 Å². The third kappa shape index (κ3) is 5.12. The molecule has 0 unspecified atom stereocenters. The second-order valence-electron chi connectivity index (χ2n) is 6.26. The van der Waals surface area contributed by atoms with Crippen molar-refractivity contribution in [1.29, 1.82) is 0 Å². The predicted octanol–water partition coefficient (Wildman–Crippen LogP) is 1.29. The molecule has 9 heteroatoms. The molecule has 1 heterocycles. The second-order valence-corrected chi connectivity index (χ2v) is 8.49. The maximum atomic E-state index is 12.6. The molecule has 0 radical (unpaired) electrons. The number of carbonyl (C=O) groups is 2. The van der Waals surface area contributed by atoms with Crippen LogP contribution in [0.1, 0.15) is 30.1 Å². The fraction of sp³-hybridized carbons (Fsp3) is 0.556. The molecule has 0 aliphatic carbocycles. The molecule has 1 fully saturated rings. The van der Waals surface area contributed by atoms with Crippen molar-refractivity contribution in [3.05, 3.63) is 23.8 Å². The normalized spacial score (nSPS) is 18.0. The fourth-order valence-corrected chi connectivity index (χ4v) is 4.84. The van der Waals surface area contributed by atoms with Gasteiger partial charge in [0.2, 0.25) is 0 Å². The van der Waals surface area contributed by atoms with Crippen LogP contribution in [0.3, 0.4) is 0 Å². The number of hydrogen-bond acceptors (Lipinski definition) is 7. The van der Waals surface area contributed by atoms with E-state index in [2.05, 4.69) is 0 Å². The number of esters is 1. The Labute approximate surface area is 159 Å². The minimum atomic E-state index is -3.12. The summed E-state index contributed by atoms with van der Waals surface area (Å²) < 4.78 is 38.9. The van der Waals surface area contributed by atoms with Crippen molar-refractivity contribution < 1.29 is 32.2 Å². The molecular formula is C18H25NO7S. The largest absolute Gasteiger partial charge is 0.496 e. The van der Waals surface area contributed by atoms with Crippen LogP contribution in [-0.2, 0) is 19.4 Å². The Bertz CT molecular complexity index is 769. The van der Waals surface area contributed by atoms with Crippen LogP contribution in [0.15, 0.2) is 18.2 Å². The Morgan fingerprint density at radius 2 is 1.81 bits per heavy atom. The lowest BCUT2D eigenvalue weighted by molar-refractivity contribution is -0.136. The van der Waals surface area contributed by atoms with E-state index in [0.29, 0.717) is 19.4 Å². The quantitative estimate of drug-likeness (QED) is 0.607. The topological polar surface area (TPSA) is 99.2 Å². The van der Waals surface area contributed by atoms with Gasteiger partial charge in [-0.1, -0.05) is 13.0 Å². The highest BCUT2D eigenvalue weighted by atomic mass is 32.2. The third-order valence-electron chi connectivity index (χ3n) is 4.39. The van der Waals surface area contributed by atoms with Gasteiger partial charge in [0.05, 0.1) is 25.7 Å². The number of benzene rings is 1. The number of nitrogens with zero attached hydrogens (tertiary/aromatic N) is 1. The van der Waals surface area contributed by atoms with E-state index in [9.17, 15) is 18.0 Å². The highest BCUT2D eigenvalue weighted by molar-refractivity contribution is 7.91. The van der Waals surface area contributed by atoms with Crippen LogP contribution in [0.5, 0.6) is 11.5 Å². The van der Waals surface area contributed by atoms with Crippen molar-refractivity contribution in [2.45, 2.75) is 25.8 Å². The monoisotopic (exact) mass is 399 g/mol. The SMILES string of the molecule is CCCN(C(=O)COC(=O)c1c(OC)cccc1OC)[C@H]1CCS(=O)(=O)C1. The number of ether oxygens (including phenoxy) is 3. The molecule has 1 aromatic carbocycles. The van der Waals surface area contributed by atoms with Crippen LogP contribution in [0, 0.1) is 0 Å². The van der Waals surface area contributed by atoms with Gasteiger partial charge in [0, 0.05) is 12.6 Å². The predicted molar refractivity (Wildman–Crippen MR) is 98.9 cm³/mol. The average molecular weight is 399 g/mol. The molecule has 150 valence electrons. The van der Waals surface area contributed by atoms with Gasteiger partial charge in [0.25, 0.3) is 5.91 Å². The highest BCUT2D eigenvalue weighted by Gasteiger charge is 2.34. The van der Waals surface area contributed by atoms with E-state index in [1.54, 1.807) is 18.2 Å². The summed E-state index contributed by atoms with van der Waals surface area (Å²) in [6.45, 7) is 1.83. The number of sulfone groups is 1. The van der Waals surface area contributed by atoms with Gasteiger partial charge < -0.3 is 19.1 Å². The third-order valence-corrected chi connectivity index (χ3v) is 6.14. The second kappa shape index (κ2) is 9.07. The van der Waals surface area contributed by atoms with E-state index in [1.807, 2.05) is 6.92 Å². The zero-order valence-electron chi connectivity index (χ0n) is 15.8. The Hall–Kier alpha value is -2.29. The summed E-state index contributed by atoms with van der Waals surface area (Å²) in [6, 6.07) is 4.48. The first-order valence-corrected chi connectivity index (χ1v) is 10.5. The number of amides is 1. The summed E-state index contributed by atoms with van der Waals surface area (Å²) in [6.07, 6.45) is 1.08. The summed E-state index contributed by atoms with van der Waals surface area (Å²) in [4.78, 5) is 26.5. The number of hydrogen-bond donors (Lipinski definition) is 0. The highest BCUT2D eigenvalue weighted by Crippen LogP contribution is 2.29. The number of rotatable bonds is 8. The van der Waals surface area contributed by atoms with Crippen molar-refractivity contribution in [2.75, 3.05) is 38.9 Å². The number of carbonyl (C=O) groups excluding carboxylic acids is 2. The van der Waals surface area contributed by atoms with Crippen LogP contribution in [0.4, 0.5) is 0 Å². The lowest BCUT2D eigenvalue weighted by Crippen LogP contribution is -2.43. The Morgan fingerprint density at radius 3 is 2.30 bits per heavy atom. The van der Waals surface area contributed by atoms with Gasteiger partial charge in [-0.3, -0.25) is 4.79 Å². The summed E-state index contributed by atoms with van der Waals surface area (Å²) in [5.74, 6) is -0.580. The first-order chi connectivity index (χ1) is 12.8. The van der Waals surface area contributed by atoms with Gasteiger partial charge in [-0.15, -0.1) is 0 Å². The van der Waals surface area contributed by atoms with Crippen LogP contribution in [0.25, 0.3) is 0 Å². The maximum absolute atomic E-state index is 12.6. The zero-order chi connectivity index (χ0) is 20.0. The van der Waals surface area contributed by atoms with E-state index < -0.39 is 28.3 Å². The van der Waals surface area contributed by atoms with Crippen LogP contribution >= 0.6 is 0 Å². The van der Waals surface area contributed by atoms with Crippen molar-refractivity contribution in [3.8, 4) is 11.5 Å². The molecule has 0 aromatic heterocycles. The molecule has 1 saturated heterocycles. The van der Waals surface area contributed by atoms with Gasteiger partial charge >= 0.3 is 5.97 Å². The van der Waals surface area contributed by atoms with E-state index >= 15 is 0 Å². The molecule has 1 aliphatic rings. The van der Waals surface area contributed by atoms with Crippen LogP contribution in [0.2, 0.25) is 0 Å². The van der Waals surface area contributed by atoms with E-state index in [1.165, 1.54) is 19.1 Å². The number of methoxy groups -OCH3 is 2. The first-order valence-electron chi connectivity index (χ1n) is 8.71. The molecule has 1 atom stereocenters. The van der Waals surface area contributed by atoms with Crippen molar-refractivity contribution in [2.24, 2.45) is 0 Å². The molecule has 8 nitrogen and oxygen atoms in total. The molecule has 1 aliphatic heterocycles. The molecule has 1 aromatic rings. The minimum Gasteiger partial charge on any atom is -0.496 e. The summed E-state index contributed by atoms with van der Waals surface area (Å²) >= 11 is 0. The van der Waals surface area contributed by atoms with Gasteiger partial charge in [0.1, 0.15) is 17.1 Å². The summed E-state index contributed by atoms with van der Waals surface area (Å²) in [5, 5.41) is 0. The van der Waals surface area contributed by atoms with Gasteiger partial charge in [-0.2, -0.15) is 0 Å². The zero-order valence-corrected chi connectivity index (χ0v) is 16.6. The molecule has 0 saturated carbocycles. The van der Waals surface area contributed by atoms with Gasteiger partial charge in [0.15, 0.2) is 16.4 Å². The van der Waals surface area contributed by atoms with Crippen molar-refractivity contribution >= 4 is 21.7 Å². The smallest absolute Gasteiger partial charge is 0.346 e. The van der Waals surface area contributed by atoms with Gasteiger partial charge in [-0.05, 0) is 25.0 Å². The Balaban J connectivity index is 2.08. The standard InChI is InChI=1S/C18H25NO7S/c1-4-9-19(13-8-10-27(22,23)12-13)16(20)11-26-18(21)17-14(24-2)6-5-7-15(17)25-3/h5-7,13H,4,8-12H2,1-3H3/t13-/m0/s1. The minimum absolute atomic E-state index is 0.0486. The Kier molecular flexibility index (Phi) is 7.06. The molecular weight excluding hydrogens is 374 g/mol. The molecule has 0 bridgehead atoms. The lowest BCUT2D eigenvalue weighted by Gasteiger charge is -2.27. The van der Waals surface area contributed by atoms with E-state index in [-0.39, 0.29) is 34.6 Å². The average Bonchev–Trinajstić information content (AvgIpc) is 3.02. The van der Waals surface area contributed by atoms with E-state index in [4.69, 9.17) is 14.2 Å². The lowest BCUT2D eigenvalue weighted by atomic mass is 10.2. The molecule has 1 amide bonds. The molecule has 0 spiro atoms. The molecule has 2 rings (SSSR count). The van der Waals surface area contributed by atoms with Crippen molar-refractivity contribution in [3.63, 3.8) is 0 Å².